The van der Waals surface area contributed by atoms with E-state index in [0.29, 0.717) is 34.8 Å². The maximum absolute atomic E-state index is 13.8. The molecule has 0 aliphatic carbocycles. The number of carbonyl (C=O) groups is 1. The van der Waals surface area contributed by atoms with E-state index in [-0.39, 0.29) is 17.0 Å². The number of halogens is 1. The van der Waals surface area contributed by atoms with Gasteiger partial charge in [-0.05, 0) is 42.2 Å². The molecule has 0 unspecified atom stereocenters. The van der Waals surface area contributed by atoms with E-state index in [0.717, 1.165) is 46.8 Å². The topological polar surface area (TPSA) is 81.8 Å². The number of Topliss-reactive ketones (excluding diaryl/α,β-unsaturated/α-hetero) is 1. The highest BCUT2D eigenvalue weighted by molar-refractivity contribution is 7.99. The van der Waals surface area contributed by atoms with Gasteiger partial charge in [0.15, 0.2) is 11.6 Å². The molecule has 0 bridgehead atoms. The lowest BCUT2D eigenvalue weighted by Gasteiger charge is -2.33. The molecular formula is C33H36ClN5O3S. The second-order valence-corrected chi connectivity index (χ2v) is 12.8. The Bertz CT molecular complexity index is 1640. The molecule has 10 heteroatoms. The Morgan fingerprint density at radius 3 is 2.56 bits per heavy atom. The molecule has 43 heavy (non-hydrogen) atoms. The van der Waals surface area contributed by atoms with E-state index in [1.165, 1.54) is 11.8 Å². The van der Waals surface area contributed by atoms with Crippen molar-refractivity contribution in [3.05, 3.63) is 87.9 Å². The lowest BCUT2D eigenvalue weighted by Crippen LogP contribution is -2.37. The fourth-order valence-corrected chi connectivity index (χ4v) is 5.91. The molecule has 5 rings (SSSR count). The number of aromatic nitrogens is 3. The van der Waals surface area contributed by atoms with Gasteiger partial charge in [0.1, 0.15) is 5.75 Å². The van der Waals surface area contributed by atoms with Gasteiger partial charge < -0.3 is 14.4 Å². The number of carbonyl (C=O) groups excluding carboxylic acids is 1. The van der Waals surface area contributed by atoms with E-state index < -0.39 is 0 Å². The summed E-state index contributed by atoms with van der Waals surface area (Å²) in [6, 6.07) is 19.4. The van der Waals surface area contributed by atoms with Crippen molar-refractivity contribution in [1.82, 2.24) is 14.9 Å². The van der Waals surface area contributed by atoms with Crippen molar-refractivity contribution in [2.24, 2.45) is 5.10 Å². The molecule has 1 fully saturated rings. The number of thioether (sulfide) groups is 1. The van der Waals surface area contributed by atoms with Crippen LogP contribution in [0.3, 0.4) is 0 Å². The Kier molecular flexibility index (Phi) is 9.54. The molecule has 8 nitrogen and oxygen atoms in total. The van der Waals surface area contributed by atoms with Crippen molar-refractivity contribution < 1.29 is 14.3 Å². The smallest absolute Gasteiger partial charge is 0.212 e. The minimum atomic E-state index is -0.230. The van der Waals surface area contributed by atoms with Gasteiger partial charge in [-0.1, -0.05) is 86.1 Å². The van der Waals surface area contributed by atoms with Crippen LogP contribution >= 0.6 is 23.4 Å². The molecule has 3 aromatic carbocycles. The first-order valence-corrected chi connectivity index (χ1v) is 15.5. The van der Waals surface area contributed by atoms with Gasteiger partial charge in [-0.15, -0.1) is 10.2 Å². The van der Waals surface area contributed by atoms with Crippen LogP contribution in [-0.2, 0) is 10.2 Å². The summed E-state index contributed by atoms with van der Waals surface area (Å²) in [7, 11) is 1.69. The van der Waals surface area contributed by atoms with E-state index in [4.69, 9.17) is 26.2 Å². The van der Waals surface area contributed by atoms with Crippen molar-refractivity contribution in [3.8, 4) is 17.1 Å². The van der Waals surface area contributed by atoms with Gasteiger partial charge in [-0.3, -0.25) is 4.79 Å². The molecule has 2 heterocycles. The van der Waals surface area contributed by atoms with Crippen LogP contribution in [0.2, 0.25) is 5.02 Å². The number of rotatable bonds is 9. The lowest BCUT2D eigenvalue weighted by molar-refractivity contribution is 0.102. The number of morpholine rings is 1. The summed E-state index contributed by atoms with van der Waals surface area (Å²) in [5.41, 5.74) is 5.16. The predicted octanol–water partition coefficient (Wildman–Crippen LogP) is 6.91. The number of aryl methyl sites for hydroxylation is 1. The summed E-state index contributed by atoms with van der Waals surface area (Å²) >= 11 is 7.59. The average Bonchev–Trinajstić information content (AvgIpc) is 3.40. The summed E-state index contributed by atoms with van der Waals surface area (Å²) in [6.07, 6.45) is 1.77. The van der Waals surface area contributed by atoms with Crippen LogP contribution in [0.4, 0.5) is 5.69 Å². The number of anilines is 1. The van der Waals surface area contributed by atoms with Crippen LogP contribution in [0.15, 0.2) is 70.9 Å². The van der Waals surface area contributed by atoms with Gasteiger partial charge in [0, 0.05) is 34.8 Å². The number of ketones is 1. The van der Waals surface area contributed by atoms with Gasteiger partial charge in [-0.25, -0.2) is 0 Å². The summed E-state index contributed by atoms with van der Waals surface area (Å²) in [5, 5.41) is 14.7. The van der Waals surface area contributed by atoms with Crippen LogP contribution in [0, 0.1) is 6.92 Å². The van der Waals surface area contributed by atoms with Crippen LogP contribution < -0.4 is 9.64 Å². The monoisotopic (exact) mass is 617 g/mol. The predicted molar refractivity (Wildman–Crippen MR) is 174 cm³/mol. The first-order valence-electron chi connectivity index (χ1n) is 14.2. The molecule has 0 N–H and O–H groups in total. The van der Waals surface area contributed by atoms with Gasteiger partial charge >= 0.3 is 0 Å². The Morgan fingerprint density at radius 1 is 1.09 bits per heavy atom. The van der Waals surface area contributed by atoms with E-state index in [1.54, 1.807) is 18.0 Å². The summed E-state index contributed by atoms with van der Waals surface area (Å²) in [6.45, 7) is 11.2. The SMILES string of the molecule is COc1c(N2CCOCC2)cc(C(=O)CSc2nnc(-c3cccc(Cl)c3)n2/N=C/c2cccc(C)c2)cc1C(C)(C)C. The van der Waals surface area contributed by atoms with E-state index in [9.17, 15) is 4.79 Å². The fourth-order valence-electron chi connectivity index (χ4n) is 4.94. The summed E-state index contributed by atoms with van der Waals surface area (Å²) in [5.74, 6) is 1.48. The van der Waals surface area contributed by atoms with Crippen molar-refractivity contribution in [1.29, 1.82) is 0 Å². The molecule has 0 saturated carbocycles. The first-order chi connectivity index (χ1) is 20.6. The van der Waals surface area contributed by atoms with E-state index in [1.807, 2.05) is 67.6 Å². The molecule has 4 aromatic rings. The average molecular weight is 618 g/mol. The van der Waals surface area contributed by atoms with Crippen LogP contribution in [0.25, 0.3) is 11.4 Å². The number of ether oxygens (including phenoxy) is 2. The lowest BCUT2D eigenvalue weighted by atomic mass is 9.84. The number of benzene rings is 3. The minimum Gasteiger partial charge on any atom is -0.494 e. The molecule has 0 amide bonds. The third kappa shape index (κ3) is 7.29. The second kappa shape index (κ2) is 13.3. The first kappa shape index (κ1) is 30.8. The van der Waals surface area contributed by atoms with Gasteiger partial charge in [-0.2, -0.15) is 9.78 Å². The Hall–Kier alpha value is -3.66. The third-order valence-electron chi connectivity index (χ3n) is 7.15. The zero-order valence-electron chi connectivity index (χ0n) is 25.1. The standard InChI is InChI=1S/C33H36ClN5O3S/c1-22-8-6-9-23(16-22)20-35-39-31(24-10-7-11-26(34)17-24)36-37-32(39)43-21-29(40)25-18-27(33(2,3)4)30(41-5)28(19-25)38-12-14-42-15-13-38/h6-11,16-20H,12-15,21H2,1-5H3/b35-20+. The molecule has 1 aliphatic rings. The highest BCUT2D eigenvalue weighted by atomic mass is 35.5. The number of nitrogens with zero attached hydrogens (tertiary/aromatic N) is 5. The zero-order chi connectivity index (χ0) is 30.6. The molecule has 1 aromatic heterocycles. The molecule has 0 radical (unpaired) electrons. The third-order valence-corrected chi connectivity index (χ3v) is 8.30. The van der Waals surface area contributed by atoms with Gasteiger partial charge in [0.2, 0.25) is 5.16 Å². The molecular weight excluding hydrogens is 582 g/mol. The molecule has 1 saturated heterocycles. The van der Waals surface area contributed by atoms with Crippen LogP contribution in [0.1, 0.15) is 47.8 Å². The van der Waals surface area contributed by atoms with Crippen molar-refractivity contribution in [2.45, 2.75) is 38.3 Å². The normalized spacial score (nSPS) is 14.0. The molecule has 1 aliphatic heterocycles. The second-order valence-electron chi connectivity index (χ2n) is 11.4. The minimum absolute atomic E-state index is 0.0193. The van der Waals surface area contributed by atoms with Crippen LogP contribution in [0.5, 0.6) is 5.75 Å². The Balaban J connectivity index is 1.47. The zero-order valence-corrected chi connectivity index (χ0v) is 26.7. The van der Waals surface area contributed by atoms with E-state index >= 15 is 0 Å². The maximum Gasteiger partial charge on any atom is 0.212 e. The quantitative estimate of drug-likeness (QED) is 0.115. The van der Waals surface area contributed by atoms with Gasteiger partial charge in [0.25, 0.3) is 0 Å². The summed E-state index contributed by atoms with van der Waals surface area (Å²) < 4.78 is 13.2. The van der Waals surface area contributed by atoms with Gasteiger partial charge in [0.05, 0.1) is 38.0 Å². The highest BCUT2D eigenvalue weighted by Gasteiger charge is 2.27. The number of methoxy groups -OCH3 is 1. The highest BCUT2D eigenvalue weighted by Crippen LogP contribution is 2.41. The molecule has 224 valence electrons. The van der Waals surface area contributed by atoms with Crippen LogP contribution in [-0.4, -0.2) is 66.0 Å². The molecule has 0 spiro atoms. The largest absolute Gasteiger partial charge is 0.494 e. The maximum atomic E-state index is 13.8. The molecule has 0 atom stereocenters. The number of hydrogen-bond acceptors (Lipinski definition) is 8. The Labute approximate surface area is 262 Å². The van der Waals surface area contributed by atoms with Crippen molar-refractivity contribution in [3.63, 3.8) is 0 Å². The van der Waals surface area contributed by atoms with Crippen molar-refractivity contribution >= 4 is 41.0 Å². The van der Waals surface area contributed by atoms with Crippen molar-refractivity contribution in [2.75, 3.05) is 44.1 Å². The fraction of sp³-hybridized carbons (Fsp3) is 0.333. The summed E-state index contributed by atoms with van der Waals surface area (Å²) in [4.78, 5) is 16.0. The Morgan fingerprint density at radius 2 is 1.86 bits per heavy atom. The number of hydrogen-bond donors (Lipinski definition) is 0. The van der Waals surface area contributed by atoms with E-state index in [2.05, 4.69) is 35.9 Å².